The molecule has 5 aromatic rings. The molecule has 6 nitrogen and oxygen atoms in total. The van der Waals surface area contributed by atoms with Crippen molar-refractivity contribution in [2.75, 3.05) is 21.3 Å². The van der Waals surface area contributed by atoms with Gasteiger partial charge in [-0.05, 0) is 54.6 Å². The molecule has 0 aliphatic rings. The molecule has 0 atom stereocenters. The van der Waals surface area contributed by atoms with E-state index in [2.05, 4.69) is 29.2 Å². The lowest BCUT2D eigenvalue weighted by molar-refractivity contribution is 0.394. The van der Waals surface area contributed by atoms with Crippen molar-refractivity contribution in [1.82, 2.24) is 14.5 Å². The number of methoxy groups -OCH3 is 3. The lowest BCUT2D eigenvalue weighted by Crippen LogP contribution is -1.96. The van der Waals surface area contributed by atoms with Gasteiger partial charge in [-0.3, -0.25) is 4.57 Å². The van der Waals surface area contributed by atoms with Gasteiger partial charge < -0.3 is 14.2 Å². The first-order chi connectivity index (χ1) is 15.7. The molecule has 0 saturated carbocycles. The van der Waals surface area contributed by atoms with Crippen LogP contribution < -0.4 is 14.2 Å². The Balaban J connectivity index is 1.49. The van der Waals surface area contributed by atoms with E-state index in [0.29, 0.717) is 0 Å². The minimum Gasteiger partial charge on any atom is -0.497 e. The number of fused-ring (bicyclic) bond motifs is 1. The van der Waals surface area contributed by atoms with E-state index in [1.807, 2.05) is 47.2 Å². The number of aromatic nitrogens is 3. The lowest BCUT2D eigenvalue weighted by Gasteiger charge is -2.11. The molecule has 0 unspecified atom stereocenters. The first kappa shape index (κ1) is 20.1. The summed E-state index contributed by atoms with van der Waals surface area (Å²) in [4.78, 5) is 9.14. The van der Waals surface area contributed by atoms with Gasteiger partial charge >= 0.3 is 0 Å². The molecular formula is C25H21N3O3S. The average molecular weight is 444 g/mol. The van der Waals surface area contributed by atoms with Crippen LogP contribution in [-0.4, -0.2) is 35.9 Å². The Morgan fingerprint density at radius 2 is 1.47 bits per heavy atom. The molecule has 0 amide bonds. The summed E-state index contributed by atoms with van der Waals surface area (Å²) in [5.41, 5.74) is 4.95. The highest BCUT2D eigenvalue weighted by Crippen LogP contribution is 2.34. The third-order valence-electron chi connectivity index (χ3n) is 5.27. The van der Waals surface area contributed by atoms with Gasteiger partial charge in [0, 0.05) is 22.9 Å². The van der Waals surface area contributed by atoms with Crippen LogP contribution in [0.1, 0.15) is 0 Å². The molecule has 160 valence electrons. The molecule has 0 aliphatic heterocycles. The van der Waals surface area contributed by atoms with E-state index in [-0.39, 0.29) is 0 Å². The van der Waals surface area contributed by atoms with Gasteiger partial charge in [0.2, 0.25) is 0 Å². The second-order valence-electron chi connectivity index (χ2n) is 7.15. The van der Waals surface area contributed by atoms with Gasteiger partial charge in [-0.25, -0.2) is 9.97 Å². The fourth-order valence-corrected chi connectivity index (χ4v) is 4.59. The summed E-state index contributed by atoms with van der Waals surface area (Å²) in [6.07, 6.45) is 3.64. The van der Waals surface area contributed by atoms with E-state index < -0.39 is 0 Å². The molecule has 0 aliphatic carbocycles. The minimum absolute atomic E-state index is 0.731. The SMILES string of the molecule is COc1cc(OC)cc(-c2cncn2-c2ccc(-c3nc4ccc(OC)cc4s3)cc2)c1. The minimum atomic E-state index is 0.731. The number of nitrogens with zero attached hydrogens (tertiary/aromatic N) is 3. The zero-order valence-electron chi connectivity index (χ0n) is 17.9. The van der Waals surface area contributed by atoms with Gasteiger partial charge in [0.15, 0.2) is 0 Å². The number of ether oxygens (including phenoxy) is 3. The van der Waals surface area contributed by atoms with Crippen LogP contribution in [0.4, 0.5) is 0 Å². The van der Waals surface area contributed by atoms with Gasteiger partial charge in [-0.1, -0.05) is 0 Å². The van der Waals surface area contributed by atoms with Crippen molar-refractivity contribution in [3.05, 3.63) is 73.2 Å². The highest BCUT2D eigenvalue weighted by Gasteiger charge is 2.12. The molecule has 0 fully saturated rings. The highest BCUT2D eigenvalue weighted by atomic mass is 32.1. The third-order valence-corrected chi connectivity index (χ3v) is 6.34. The van der Waals surface area contributed by atoms with Crippen molar-refractivity contribution < 1.29 is 14.2 Å². The van der Waals surface area contributed by atoms with Crippen LogP contribution in [0.3, 0.4) is 0 Å². The summed E-state index contributed by atoms with van der Waals surface area (Å²) in [5.74, 6) is 2.30. The average Bonchev–Trinajstić information content (AvgIpc) is 3.50. The predicted molar refractivity (Wildman–Crippen MR) is 127 cm³/mol. The van der Waals surface area contributed by atoms with Crippen LogP contribution in [0.5, 0.6) is 17.2 Å². The van der Waals surface area contributed by atoms with E-state index in [9.17, 15) is 0 Å². The number of benzene rings is 3. The summed E-state index contributed by atoms with van der Waals surface area (Å²) in [5, 5.41) is 0.975. The Morgan fingerprint density at radius 1 is 0.750 bits per heavy atom. The lowest BCUT2D eigenvalue weighted by atomic mass is 10.1. The molecule has 2 aromatic heterocycles. The topological polar surface area (TPSA) is 58.4 Å². The van der Waals surface area contributed by atoms with Crippen molar-refractivity contribution in [1.29, 1.82) is 0 Å². The Kier molecular flexibility index (Phi) is 5.25. The summed E-state index contributed by atoms with van der Waals surface area (Å²) < 4.78 is 19.3. The number of rotatable bonds is 6. The second kappa shape index (κ2) is 8.36. The summed E-state index contributed by atoms with van der Waals surface area (Å²) in [6.45, 7) is 0. The summed E-state index contributed by atoms with van der Waals surface area (Å²) >= 11 is 1.65. The quantitative estimate of drug-likeness (QED) is 0.330. The predicted octanol–water partition coefficient (Wildman–Crippen LogP) is 5.84. The molecule has 0 bridgehead atoms. The molecular weight excluding hydrogens is 422 g/mol. The van der Waals surface area contributed by atoms with Crippen molar-refractivity contribution in [2.45, 2.75) is 0 Å². The smallest absolute Gasteiger partial charge is 0.124 e. The zero-order chi connectivity index (χ0) is 22.1. The molecule has 7 heteroatoms. The molecule has 2 heterocycles. The fraction of sp³-hybridized carbons (Fsp3) is 0.120. The van der Waals surface area contributed by atoms with Crippen molar-refractivity contribution in [2.24, 2.45) is 0 Å². The molecule has 0 radical (unpaired) electrons. The first-order valence-corrected chi connectivity index (χ1v) is 10.8. The molecule has 5 rings (SSSR count). The third kappa shape index (κ3) is 3.67. The van der Waals surface area contributed by atoms with Gasteiger partial charge in [0.25, 0.3) is 0 Å². The van der Waals surface area contributed by atoms with Gasteiger partial charge in [0.1, 0.15) is 22.3 Å². The van der Waals surface area contributed by atoms with Crippen LogP contribution in [0.15, 0.2) is 73.2 Å². The number of imidazole rings is 1. The largest absolute Gasteiger partial charge is 0.497 e. The number of thiazole rings is 1. The standard InChI is InChI=1S/C25H21N3O3S/c1-29-19-8-9-22-24(13-19)32-25(27-22)16-4-6-18(7-5-16)28-15-26-14-23(28)17-10-20(30-2)12-21(11-17)31-3/h4-15H,1-3H3. The van der Waals surface area contributed by atoms with Gasteiger partial charge in [-0.2, -0.15) is 0 Å². The molecule has 32 heavy (non-hydrogen) atoms. The van der Waals surface area contributed by atoms with Crippen molar-refractivity contribution in [3.8, 4) is 44.8 Å². The van der Waals surface area contributed by atoms with Gasteiger partial charge in [0.05, 0.1) is 49.8 Å². The first-order valence-electron chi connectivity index (χ1n) is 9.99. The van der Waals surface area contributed by atoms with E-state index >= 15 is 0 Å². The fourth-order valence-electron chi connectivity index (χ4n) is 3.59. The van der Waals surface area contributed by atoms with Crippen LogP contribution in [-0.2, 0) is 0 Å². The molecule has 3 aromatic carbocycles. The van der Waals surface area contributed by atoms with Crippen LogP contribution in [0.25, 0.3) is 37.7 Å². The zero-order valence-corrected chi connectivity index (χ0v) is 18.7. The monoisotopic (exact) mass is 443 g/mol. The van der Waals surface area contributed by atoms with Crippen molar-refractivity contribution in [3.63, 3.8) is 0 Å². The van der Waals surface area contributed by atoms with E-state index in [1.54, 1.807) is 39.0 Å². The van der Waals surface area contributed by atoms with E-state index in [0.717, 1.165) is 55.0 Å². The maximum absolute atomic E-state index is 5.42. The Morgan fingerprint density at radius 3 is 2.16 bits per heavy atom. The molecule has 0 N–H and O–H groups in total. The maximum atomic E-state index is 5.42. The Bertz CT molecular complexity index is 1370. The second-order valence-corrected chi connectivity index (χ2v) is 8.18. The van der Waals surface area contributed by atoms with Gasteiger partial charge in [-0.15, -0.1) is 11.3 Å². The maximum Gasteiger partial charge on any atom is 0.124 e. The van der Waals surface area contributed by atoms with Crippen molar-refractivity contribution >= 4 is 21.6 Å². The molecule has 0 saturated heterocycles. The van der Waals surface area contributed by atoms with Crippen LogP contribution >= 0.6 is 11.3 Å². The van der Waals surface area contributed by atoms with Crippen LogP contribution in [0.2, 0.25) is 0 Å². The molecule has 0 spiro atoms. The van der Waals surface area contributed by atoms with E-state index in [4.69, 9.17) is 19.2 Å². The Labute approximate surface area is 189 Å². The number of hydrogen-bond acceptors (Lipinski definition) is 6. The number of hydrogen-bond donors (Lipinski definition) is 0. The summed E-state index contributed by atoms with van der Waals surface area (Å²) in [6, 6.07) is 20.1. The van der Waals surface area contributed by atoms with Crippen LogP contribution in [0, 0.1) is 0 Å². The highest BCUT2D eigenvalue weighted by molar-refractivity contribution is 7.21. The Hall–Kier alpha value is -3.84. The summed E-state index contributed by atoms with van der Waals surface area (Å²) in [7, 11) is 4.97. The van der Waals surface area contributed by atoms with E-state index in [1.165, 1.54) is 0 Å². The normalized spacial score (nSPS) is 11.0.